The normalized spacial score (nSPS) is 10.3. The molecule has 2 aromatic carbocycles. The second-order valence-electron chi connectivity index (χ2n) is 4.90. The Kier molecular flexibility index (Phi) is 5.24. The van der Waals surface area contributed by atoms with Crippen LogP contribution in [0.1, 0.15) is 16.7 Å². The fourth-order valence-electron chi connectivity index (χ4n) is 1.87. The SMILES string of the molecule is Cc1ccc(CSCC(=O)Nc2cccc(C)c2)cc1. The number of anilines is 1. The largest absolute Gasteiger partial charge is 0.325 e. The van der Waals surface area contributed by atoms with E-state index in [1.54, 1.807) is 11.8 Å². The van der Waals surface area contributed by atoms with Gasteiger partial charge in [0.25, 0.3) is 0 Å². The molecule has 1 N–H and O–H groups in total. The van der Waals surface area contributed by atoms with E-state index in [0.29, 0.717) is 5.75 Å². The van der Waals surface area contributed by atoms with Crippen LogP contribution >= 0.6 is 11.8 Å². The van der Waals surface area contributed by atoms with E-state index in [9.17, 15) is 4.79 Å². The number of carbonyl (C=O) groups is 1. The summed E-state index contributed by atoms with van der Waals surface area (Å²) in [5.41, 5.74) is 4.53. The molecule has 3 heteroatoms. The van der Waals surface area contributed by atoms with Gasteiger partial charge in [0.1, 0.15) is 0 Å². The highest BCUT2D eigenvalue weighted by Crippen LogP contribution is 2.14. The standard InChI is InChI=1S/C17H19NOS/c1-13-6-8-15(9-7-13)11-20-12-17(19)18-16-5-3-4-14(2)10-16/h3-10H,11-12H2,1-2H3,(H,18,19). The van der Waals surface area contributed by atoms with Gasteiger partial charge < -0.3 is 5.32 Å². The molecule has 0 aliphatic carbocycles. The number of rotatable bonds is 5. The lowest BCUT2D eigenvalue weighted by atomic mass is 10.2. The van der Waals surface area contributed by atoms with Crippen LogP contribution in [0.3, 0.4) is 0 Å². The Bertz CT molecular complexity index is 578. The van der Waals surface area contributed by atoms with Crippen molar-refractivity contribution < 1.29 is 4.79 Å². The molecule has 0 spiro atoms. The molecule has 20 heavy (non-hydrogen) atoms. The second-order valence-corrected chi connectivity index (χ2v) is 5.88. The molecule has 0 saturated carbocycles. The van der Waals surface area contributed by atoms with Crippen molar-refractivity contribution in [1.82, 2.24) is 0 Å². The minimum absolute atomic E-state index is 0.0488. The van der Waals surface area contributed by atoms with Gasteiger partial charge in [-0.3, -0.25) is 4.79 Å². The average molecular weight is 285 g/mol. The summed E-state index contributed by atoms with van der Waals surface area (Å²) in [4.78, 5) is 11.8. The molecule has 0 atom stereocenters. The summed E-state index contributed by atoms with van der Waals surface area (Å²) in [6.45, 7) is 4.09. The fourth-order valence-corrected chi connectivity index (χ4v) is 2.65. The van der Waals surface area contributed by atoms with Crippen LogP contribution in [0.25, 0.3) is 0 Å². The molecule has 2 nitrogen and oxygen atoms in total. The lowest BCUT2D eigenvalue weighted by molar-refractivity contribution is -0.113. The van der Waals surface area contributed by atoms with Crippen LogP contribution in [-0.2, 0) is 10.5 Å². The van der Waals surface area contributed by atoms with Crippen molar-refractivity contribution in [3.63, 3.8) is 0 Å². The molecular weight excluding hydrogens is 266 g/mol. The van der Waals surface area contributed by atoms with Gasteiger partial charge in [-0.2, -0.15) is 0 Å². The highest BCUT2D eigenvalue weighted by Gasteiger charge is 2.03. The first kappa shape index (κ1) is 14.7. The predicted octanol–water partition coefficient (Wildman–Crippen LogP) is 4.18. The Morgan fingerprint density at radius 1 is 1.05 bits per heavy atom. The van der Waals surface area contributed by atoms with E-state index < -0.39 is 0 Å². The Balaban J connectivity index is 1.76. The molecule has 0 heterocycles. The van der Waals surface area contributed by atoms with E-state index in [4.69, 9.17) is 0 Å². The van der Waals surface area contributed by atoms with Gasteiger partial charge in [-0.15, -0.1) is 11.8 Å². The zero-order valence-corrected chi connectivity index (χ0v) is 12.7. The van der Waals surface area contributed by atoms with Gasteiger partial charge in [-0.25, -0.2) is 0 Å². The molecule has 0 unspecified atom stereocenters. The topological polar surface area (TPSA) is 29.1 Å². The van der Waals surface area contributed by atoms with Crippen LogP contribution in [0, 0.1) is 13.8 Å². The van der Waals surface area contributed by atoms with Crippen LogP contribution < -0.4 is 5.32 Å². The van der Waals surface area contributed by atoms with Gasteiger partial charge in [0.05, 0.1) is 5.75 Å². The third kappa shape index (κ3) is 4.74. The molecular formula is C17H19NOS. The molecule has 0 fully saturated rings. The van der Waals surface area contributed by atoms with Crippen molar-refractivity contribution in [2.75, 3.05) is 11.1 Å². The highest BCUT2D eigenvalue weighted by atomic mass is 32.2. The predicted molar refractivity (Wildman–Crippen MR) is 87.1 cm³/mol. The first-order chi connectivity index (χ1) is 9.63. The zero-order valence-electron chi connectivity index (χ0n) is 11.8. The van der Waals surface area contributed by atoms with E-state index >= 15 is 0 Å². The maximum absolute atomic E-state index is 11.8. The number of hydrogen-bond donors (Lipinski definition) is 1. The van der Waals surface area contributed by atoms with E-state index in [2.05, 4.69) is 36.5 Å². The second kappa shape index (κ2) is 7.15. The molecule has 0 aromatic heterocycles. The fraction of sp³-hybridized carbons (Fsp3) is 0.235. The van der Waals surface area contributed by atoms with Gasteiger partial charge >= 0.3 is 0 Å². The monoisotopic (exact) mass is 285 g/mol. The van der Waals surface area contributed by atoms with Gasteiger partial charge in [0.2, 0.25) is 5.91 Å². The number of benzene rings is 2. The Labute approximate surface area is 124 Å². The summed E-state index contributed by atoms with van der Waals surface area (Å²) in [5.74, 6) is 1.39. The molecule has 104 valence electrons. The lowest BCUT2D eigenvalue weighted by Crippen LogP contribution is -2.14. The maximum atomic E-state index is 11.8. The molecule has 1 amide bonds. The van der Waals surface area contributed by atoms with Crippen LogP contribution in [0.4, 0.5) is 5.69 Å². The van der Waals surface area contributed by atoms with Crippen molar-refractivity contribution in [3.05, 3.63) is 65.2 Å². The van der Waals surface area contributed by atoms with E-state index in [1.807, 2.05) is 31.2 Å². The summed E-state index contributed by atoms with van der Waals surface area (Å²) >= 11 is 1.63. The molecule has 2 aromatic rings. The zero-order chi connectivity index (χ0) is 14.4. The van der Waals surface area contributed by atoms with Crippen molar-refractivity contribution in [3.8, 4) is 0 Å². The third-order valence-corrected chi connectivity index (χ3v) is 3.93. The Hall–Kier alpha value is -1.74. The molecule has 0 aliphatic rings. The van der Waals surface area contributed by atoms with Crippen LogP contribution in [0.2, 0.25) is 0 Å². The molecule has 0 saturated heterocycles. The maximum Gasteiger partial charge on any atom is 0.234 e. The van der Waals surface area contributed by atoms with Crippen molar-refractivity contribution >= 4 is 23.4 Å². The summed E-state index contributed by atoms with van der Waals surface area (Å²) in [6, 6.07) is 16.3. The van der Waals surface area contributed by atoms with Crippen molar-refractivity contribution in [2.24, 2.45) is 0 Å². The number of thioether (sulfide) groups is 1. The molecule has 2 rings (SSSR count). The van der Waals surface area contributed by atoms with Crippen molar-refractivity contribution in [2.45, 2.75) is 19.6 Å². The first-order valence-corrected chi connectivity index (χ1v) is 7.79. The number of hydrogen-bond acceptors (Lipinski definition) is 2. The van der Waals surface area contributed by atoms with Gasteiger partial charge in [-0.1, -0.05) is 42.0 Å². The van der Waals surface area contributed by atoms with Crippen LogP contribution in [-0.4, -0.2) is 11.7 Å². The summed E-state index contributed by atoms with van der Waals surface area (Å²) in [5, 5.41) is 2.92. The first-order valence-electron chi connectivity index (χ1n) is 6.63. The molecule has 0 bridgehead atoms. The smallest absolute Gasteiger partial charge is 0.234 e. The summed E-state index contributed by atoms with van der Waals surface area (Å²) < 4.78 is 0. The Morgan fingerprint density at radius 3 is 2.50 bits per heavy atom. The van der Waals surface area contributed by atoms with E-state index in [-0.39, 0.29) is 5.91 Å². The average Bonchev–Trinajstić information content (AvgIpc) is 2.41. The number of nitrogens with one attached hydrogen (secondary N) is 1. The van der Waals surface area contributed by atoms with Gasteiger partial charge in [0.15, 0.2) is 0 Å². The van der Waals surface area contributed by atoms with Crippen molar-refractivity contribution in [1.29, 1.82) is 0 Å². The third-order valence-electron chi connectivity index (χ3n) is 2.92. The minimum atomic E-state index is 0.0488. The highest BCUT2D eigenvalue weighted by molar-refractivity contribution is 7.99. The van der Waals surface area contributed by atoms with E-state index in [0.717, 1.165) is 17.0 Å². The van der Waals surface area contributed by atoms with Gasteiger partial charge in [-0.05, 0) is 37.1 Å². The number of aryl methyl sites for hydroxylation is 2. The number of amides is 1. The lowest BCUT2D eigenvalue weighted by Gasteiger charge is -2.06. The molecule has 0 aliphatic heterocycles. The molecule has 0 radical (unpaired) electrons. The van der Waals surface area contributed by atoms with E-state index in [1.165, 1.54) is 11.1 Å². The van der Waals surface area contributed by atoms with Crippen LogP contribution in [0.5, 0.6) is 0 Å². The summed E-state index contributed by atoms with van der Waals surface area (Å²) in [6.07, 6.45) is 0. The summed E-state index contributed by atoms with van der Waals surface area (Å²) in [7, 11) is 0. The number of carbonyl (C=O) groups excluding carboxylic acids is 1. The van der Waals surface area contributed by atoms with Crippen LogP contribution in [0.15, 0.2) is 48.5 Å². The minimum Gasteiger partial charge on any atom is -0.325 e. The quantitative estimate of drug-likeness (QED) is 0.893. The van der Waals surface area contributed by atoms with Gasteiger partial charge in [0, 0.05) is 11.4 Å². The Morgan fingerprint density at radius 2 is 1.80 bits per heavy atom.